The van der Waals surface area contributed by atoms with Gasteiger partial charge in [-0.3, -0.25) is 4.79 Å². The average molecular weight is 352 g/mol. The minimum Gasteiger partial charge on any atom is -0.396 e. The van der Waals surface area contributed by atoms with E-state index in [1.54, 1.807) is 6.92 Å². The topological polar surface area (TPSA) is 106 Å². The third kappa shape index (κ3) is 2.70. The summed E-state index contributed by atoms with van der Waals surface area (Å²) in [5, 5.41) is 0.0672. The molecule has 1 aromatic carbocycles. The van der Waals surface area contributed by atoms with Crippen LogP contribution in [0.25, 0.3) is 0 Å². The van der Waals surface area contributed by atoms with Crippen LogP contribution in [0.5, 0.6) is 0 Å². The molecule has 21 heavy (non-hydrogen) atoms. The Kier molecular flexibility index (Phi) is 4.14. The van der Waals surface area contributed by atoms with Crippen molar-refractivity contribution in [1.29, 1.82) is 0 Å². The SMILES string of the molecule is CC1(C(N)=O)CCN(S(=O)(=O)c2ccc(Cl)c(N)c2Cl)C1. The molecule has 1 aliphatic heterocycles. The predicted octanol–water partition coefficient (Wildman–Crippen LogP) is 1.46. The quantitative estimate of drug-likeness (QED) is 0.803. The van der Waals surface area contributed by atoms with Crippen molar-refractivity contribution in [1.82, 2.24) is 4.31 Å². The van der Waals surface area contributed by atoms with Crippen LogP contribution < -0.4 is 11.5 Å². The van der Waals surface area contributed by atoms with E-state index in [9.17, 15) is 13.2 Å². The number of hydrogen-bond donors (Lipinski definition) is 2. The van der Waals surface area contributed by atoms with Crippen molar-refractivity contribution < 1.29 is 13.2 Å². The van der Waals surface area contributed by atoms with Crippen molar-refractivity contribution in [2.45, 2.75) is 18.2 Å². The molecule has 1 aromatic rings. The van der Waals surface area contributed by atoms with Crippen LogP contribution in [0.4, 0.5) is 5.69 Å². The first-order valence-electron chi connectivity index (χ1n) is 6.13. The lowest BCUT2D eigenvalue weighted by Gasteiger charge is -2.21. The molecule has 1 atom stereocenters. The third-order valence-electron chi connectivity index (χ3n) is 3.74. The summed E-state index contributed by atoms with van der Waals surface area (Å²) in [6.07, 6.45) is 0.363. The highest BCUT2D eigenvalue weighted by molar-refractivity contribution is 7.89. The van der Waals surface area contributed by atoms with Gasteiger partial charge in [-0.15, -0.1) is 0 Å². The molecule has 1 amide bonds. The number of halogens is 2. The molecular weight excluding hydrogens is 337 g/mol. The van der Waals surface area contributed by atoms with E-state index in [2.05, 4.69) is 0 Å². The normalized spacial score (nSPS) is 23.4. The predicted molar refractivity (Wildman–Crippen MR) is 81.6 cm³/mol. The van der Waals surface area contributed by atoms with Crippen molar-refractivity contribution >= 4 is 44.8 Å². The average Bonchev–Trinajstić information content (AvgIpc) is 2.80. The van der Waals surface area contributed by atoms with E-state index >= 15 is 0 Å². The fourth-order valence-corrected chi connectivity index (χ4v) is 4.52. The van der Waals surface area contributed by atoms with Crippen LogP contribution in [0, 0.1) is 5.41 Å². The maximum Gasteiger partial charge on any atom is 0.244 e. The molecule has 2 rings (SSSR count). The van der Waals surface area contributed by atoms with Gasteiger partial charge in [-0.1, -0.05) is 23.2 Å². The first-order chi connectivity index (χ1) is 9.59. The number of hydrogen-bond acceptors (Lipinski definition) is 4. The van der Waals surface area contributed by atoms with Gasteiger partial charge in [0.2, 0.25) is 15.9 Å². The Balaban J connectivity index is 2.41. The molecule has 1 saturated heterocycles. The van der Waals surface area contributed by atoms with Crippen molar-refractivity contribution in [3.8, 4) is 0 Å². The number of primary amides is 1. The standard InChI is InChI=1S/C12H15Cl2N3O3S/c1-12(11(16)18)4-5-17(6-12)21(19,20)8-3-2-7(13)10(15)9(8)14/h2-3H,4-6,15H2,1H3,(H2,16,18). The summed E-state index contributed by atoms with van der Waals surface area (Å²) in [7, 11) is -3.86. The summed E-state index contributed by atoms with van der Waals surface area (Å²) in [6, 6.07) is 2.68. The van der Waals surface area contributed by atoms with Gasteiger partial charge in [0.15, 0.2) is 0 Å². The zero-order valence-electron chi connectivity index (χ0n) is 11.3. The molecule has 0 bridgehead atoms. The second kappa shape index (κ2) is 5.31. The monoisotopic (exact) mass is 351 g/mol. The highest BCUT2D eigenvalue weighted by atomic mass is 35.5. The molecule has 0 aromatic heterocycles. The lowest BCUT2D eigenvalue weighted by molar-refractivity contribution is -0.126. The van der Waals surface area contributed by atoms with E-state index < -0.39 is 21.3 Å². The summed E-state index contributed by atoms with van der Waals surface area (Å²) in [5.74, 6) is -0.526. The van der Waals surface area contributed by atoms with Crippen molar-refractivity contribution in [3.63, 3.8) is 0 Å². The van der Waals surface area contributed by atoms with Crippen molar-refractivity contribution in [2.75, 3.05) is 18.8 Å². The molecule has 0 spiro atoms. The van der Waals surface area contributed by atoms with Gasteiger partial charge < -0.3 is 11.5 Å². The largest absolute Gasteiger partial charge is 0.396 e. The van der Waals surface area contributed by atoms with Crippen LogP contribution >= 0.6 is 23.2 Å². The van der Waals surface area contributed by atoms with Gasteiger partial charge in [-0.2, -0.15) is 4.31 Å². The zero-order valence-corrected chi connectivity index (χ0v) is 13.6. The highest BCUT2D eigenvalue weighted by Crippen LogP contribution is 2.38. The third-order valence-corrected chi connectivity index (χ3v) is 6.48. The maximum absolute atomic E-state index is 12.6. The number of nitrogen functional groups attached to an aromatic ring is 1. The van der Waals surface area contributed by atoms with E-state index in [4.69, 9.17) is 34.7 Å². The van der Waals surface area contributed by atoms with Crippen LogP contribution in [0.1, 0.15) is 13.3 Å². The van der Waals surface area contributed by atoms with Gasteiger partial charge in [-0.25, -0.2) is 8.42 Å². The summed E-state index contributed by atoms with van der Waals surface area (Å²) < 4.78 is 26.4. The second-order valence-corrected chi connectivity index (χ2v) is 7.98. The molecule has 0 aliphatic carbocycles. The molecule has 0 saturated carbocycles. The number of amides is 1. The van der Waals surface area contributed by atoms with Crippen LogP contribution in [0.3, 0.4) is 0 Å². The number of rotatable bonds is 3. The Morgan fingerprint density at radius 2 is 2.00 bits per heavy atom. The van der Waals surface area contributed by atoms with E-state index in [1.807, 2.05) is 0 Å². The van der Waals surface area contributed by atoms with Gasteiger partial charge in [0, 0.05) is 13.1 Å². The Morgan fingerprint density at radius 3 is 2.52 bits per heavy atom. The smallest absolute Gasteiger partial charge is 0.244 e. The molecule has 4 N–H and O–H groups in total. The molecule has 1 heterocycles. The van der Waals surface area contributed by atoms with E-state index in [-0.39, 0.29) is 33.7 Å². The second-order valence-electron chi connectivity index (χ2n) is 5.29. The number of carbonyl (C=O) groups excluding carboxylic acids is 1. The van der Waals surface area contributed by atoms with Crippen LogP contribution in [-0.4, -0.2) is 31.7 Å². The zero-order chi connectivity index (χ0) is 16.0. The molecule has 1 unspecified atom stereocenters. The van der Waals surface area contributed by atoms with Crippen LogP contribution in [-0.2, 0) is 14.8 Å². The summed E-state index contributed by atoms with van der Waals surface area (Å²) >= 11 is 11.8. The number of benzene rings is 1. The first-order valence-corrected chi connectivity index (χ1v) is 8.33. The van der Waals surface area contributed by atoms with Gasteiger partial charge >= 0.3 is 0 Å². The molecular formula is C12H15Cl2N3O3S. The van der Waals surface area contributed by atoms with Crippen molar-refractivity contribution in [2.24, 2.45) is 11.1 Å². The van der Waals surface area contributed by atoms with Crippen LogP contribution in [0.2, 0.25) is 10.0 Å². The number of sulfonamides is 1. The minimum absolute atomic E-state index is 0.0104. The molecule has 9 heteroatoms. The van der Waals surface area contributed by atoms with Gasteiger partial charge in [0.1, 0.15) is 4.90 Å². The van der Waals surface area contributed by atoms with Gasteiger partial charge in [0.25, 0.3) is 0 Å². The number of carbonyl (C=O) groups is 1. The highest BCUT2D eigenvalue weighted by Gasteiger charge is 2.44. The molecule has 0 radical (unpaired) electrons. The fourth-order valence-electron chi connectivity index (χ4n) is 2.21. The maximum atomic E-state index is 12.6. The first kappa shape index (κ1) is 16.4. The number of nitrogens with two attached hydrogens (primary N) is 2. The van der Waals surface area contributed by atoms with Gasteiger partial charge in [-0.05, 0) is 25.5 Å². The van der Waals surface area contributed by atoms with Gasteiger partial charge in [0.05, 0.1) is 21.1 Å². The Morgan fingerprint density at radius 1 is 1.38 bits per heavy atom. The Labute approximate surface area is 133 Å². The Bertz CT molecular complexity index is 708. The lowest BCUT2D eigenvalue weighted by atomic mass is 9.89. The fraction of sp³-hybridized carbons (Fsp3) is 0.417. The summed E-state index contributed by atoms with van der Waals surface area (Å²) in [4.78, 5) is 11.3. The lowest BCUT2D eigenvalue weighted by Crippen LogP contribution is -2.38. The molecule has 1 aliphatic rings. The number of nitrogens with zero attached hydrogens (tertiary/aromatic N) is 1. The molecule has 6 nitrogen and oxygen atoms in total. The molecule has 1 fully saturated rings. The summed E-state index contributed by atoms with van der Waals surface area (Å²) in [6.45, 7) is 1.85. The Hall–Kier alpha value is -1.02. The van der Waals surface area contributed by atoms with E-state index in [1.165, 1.54) is 16.4 Å². The minimum atomic E-state index is -3.86. The van der Waals surface area contributed by atoms with E-state index in [0.29, 0.717) is 6.42 Å². The van der Waals surface area contributed by atoms with Crippen LogP contribution in [0.15, 0.2) is 17.0 Å². The van der Waals surface area contributed by atoms with E-state index in [0.717, 1.165) is 0 Å². The van der Waals surface area contributed by atoms with Crippen molar-refractivity contribution in [3.05, 3.63) is 22.2 Å². The summed E-state index contributed by atoms with van der Waals surface area (Å²) in [5.41, 5.74) is 10.1. The molecule has 116 valence electrons. The number of anilines is 1.